The van der Waals surface area contributed by atoms with E-state index in [0.717, 1.165) is 54.4 Å². The van der Waals surface area contributed by atoms with Gasteiger partial charge in [0.25, 0.3) is 0 Å². The van der Waals surface area contributed by atoms with Crippen LogP contribution >= 0.6 is 0 Å². The van der Waals surface area contributed by atoms with Gasteiger partial charge >= 0.3 is 0 Å². The molecule has 218 valence electrons. The van der Waals surface area contributed by atoms with Gasteiger partial charge in [-0.15, -0.1) is 0 Å². The van der Waals surface area contributed by atoms with Crippen molar-refractivity contribution in [2.45, 2.75) is 65.0 Å². The lowest BCUT2D eigenvalue weighted by Crippen LogP contribution is -2.10. The van der Waals surface area contributed by atoms with Crippen molar-refractivity contribution in [1.82, 2.24) is 0 Å². The summed E-state index contributed by atoms with van der Waals surface area (Å²) in [6.07, 6.45) is 6.05. The lowest BCUT2D eigenvalue weighted by Gasteiger charge is -2.21. The fraction of sp³-hybridized carbons (Fsp3) is 0.200. The van der Waals surface area contributed by atoms with E-state index in [1.807, 2.05) is 6.08 Å². The zero-order valence-corrected chi connectivity index (χ0v) is 24.4. The number of aryl methyl sites for hydroxylation is 2. The fourth-order valence-electron chi connectivity index (χ4n) is 5.36. The van der Waals surface area contributed by atoms with Gasteiger partial charge in [-0.2, -0.15) is 10.5 Å². The van der Waals surface area contributed by atoms with Crippen molar-refractivity contribution in [3.63, 3.8) is 0 Å². The molecule has 2 aliphatic rings. The molecule has 0 aliphatic heterocycles. The molecule has 0 spiro atoms. The van der Waals surface area contributed by atoms with Crippen LogP contribution in [0.1, 0.15) is 54.9 Å². The minimum Gasteiger partial charge on any atom is -0.219 e. The third-order valence-corrected chi connectivity index (χ3v) is 11.1. The number of allylic oxidation sites excluding steroid dienone is 2. The summed E-state index contributed by atoms with van der Waals surface area (Å²) in [5.41, 5.74) is 4.36. The van der Waals surface area contributed by atoms with Crippen molar-refractivity contribution >= 4 is 25.2 Å². The maximum Gasteiger partial charge on any atom is 0.206 e. The van der Waals surface area contributed by atoms with Gasteiger partial charge in [0.1, 0.15) is 0 Å². The number of hydrogen-bond acceptors (Lipinski definition) is 6. The molecule has 4 aromatic rings. The van der Waals surface area contributed by atoms with E-state index in [0.29, 0.717) is 15.4 Å². The Morgan fingerprint density at radius 1 is 0.651 bits per heavy atom. The van der Waals surface area contributed by atoms with Crippen molar-refractivity contribution in [3.05, 3.63) is 125 Å². The predicted octanol–water partition coefficient (Wildman–Crippen LogP) is 7.47. The molecule has 0 N–H and O–H groups in total. The molecule has 0 bridgehead atoms. The van der Waals surface area contributed by atoms with Gasteiger partial charge < -0.3 is 0 Å². The molecule has 43 heavy (non-hydrogen) atoms. The second-order valence-electron chi connectivity index (χ2n) is 10.2. The third kappa shape index (κ3) is 6.46. The van der Waals surface area contributed by atoms with Crippen LogP contribution in [0, 0.1) is 22.7 Å². The summed E-state index contributed by atoms with van der Waals surface area (Å²) in [7, 11) is -6.98. The summed E-state index contributed by atoms with van der Waals surface area (Å²) < 4.78 is 50.4. The average molecular weight is 609 g/mol. The molecule has 0 fully saturated rings. The molecular weight excluding hydrogens is 577 g/mol. The van der Waals surface area contributed by atoms with E-state index in [2.05, 4.69) is 12.1 Å². The standard InChI is InChI=1S/C17H15NO2S.C17H13NO2S.CH4/c2*18-12-14-6-4-5-13-11-16(9-10-17(13)14)21(19,20)15-7-2-1-3-8-15;/h1-3,7-11,14H,4-6H2;1-3,6-11H,4-5H2;1H4. The lowest BCUT2D eigenvalue weighted by atomic mass is 9.84. The fourth-order valence-corrected chi connectivity index (χ4v) is 8.02. The number of benzene rings is 4. The molecule has 6 rings (SSSR count). The summed E-state index contributed by atoms with van der Waals surface area (Å²) in [5.74, 6) is -0.109. The predicted molar refractivity (Wildman–Crippen MR) is 167 cm³/mol. The van der Waals surface area contributed by atoms with Crippen LogP contribution in [0.25, 0.3) is 5.57 Å². The SMILES string of the molecule is C.N#CC1=CCCc2cc(S(=O)(=O)c3ccccc3)ccc21.N#CC1CCCc2cc(S(=O)(=O)c3ccccc3)ccc21. The first-order valence-electron chi connectivity index (χ1n) is 13.6. The smallest absolute Gasteiger partial charge is 0.206 e. The van der Waals surface area contributed by atoms with E-state index in [9.17, 15) is 22.1 Å². The number of rotatable bonds is 4. The molecule has 0 aromatic heterocycles. The lowest BCUT2D eigenvalue weighted by molar-refractivity contribution is 0.593. The number of hydrogen-bond donors (Lipinski definition) is 0. The zero-order chi connectivity index (χ0) is 29.7. The molecule has 6 nitrogen and oxygen atoms in total. The summed E-state index contributed by atoms with van der Waals surface area (Å²) in [4.78, 5) is 1.19. The van der Waals surface area contributed by atoms with Crippen LogP contribution in [0.5, 0.6) is 0 Å². The second-order valence-corrected chi connectivity index (χ2v) is 14.1. The van der Waals surface area contributed by atoms with E-state index in [-0.39, 0.29) is 23.1 Å². The van der Waals surface area contributed by atoms with E-state index < -0.39 is 19.7 Å². The zero-order valence-electron chi connectivity index (χ0n) is 22.8. The summed E-state index contributed by atoms with van der Waals surface area (Å²) >= 11 is 0. The number of nitrogens with zero attached hydrogens (tertiary/aromatic N) is 2. The van der Waals surface area contributed by atoms with Crippen LogP contribution in [0.15, 0.2) is 123 Å². The van der Waals surface area contributed by atoms with Crippen LogP contribution in [0.3, 0.4) is 0 Å². The average Bonchev–Trinajstić information content (AvgIpc) is 3.04. The molecule has 1 atom stereocenters. The van der Waals surface area contributed by atoms with E-state index in [1.54, 1.807) is 97.1 Å². The van der Waals surface area contributed by atoms with Gasteiger partial charge in [-0.25, -0.2) is 16.8 Å². The first kappa shape index (κ1) is 31.4. The Morgan fingerprint density at radius 2 is 1.21 bits per heavy atom. The van der Waals surface area contributed by atoms with Gasteiger partial charge in [0.2, 0.25) is 19.7 Å². The number of sulfone groups is 2. The van der Waals surface area contributed by atoms with Gasteiger partial charge in [-0.3, -0.25) is 0 Å². The highest BCUT2D eigenvalue weighted by molar-refractivity contribution is 7.91. The molecule has 8 heteroatoms. The second kappa shape index (κ2) is 13.2. The van der Waals surface area contributed by atoms with Crippen LogP contribution in [-0.4, -0.2) is 16.8 Å². The van der Waals surface area contributed by atoms with Crippen molar-refractivity contribution in [2.24, 2.45) is 0 Å². The van der Waals surface area contributed by atoms with E-state index in [1.165, 1.54) is 0 Å². The Bertz CT molecular complexity index is 1950. The van der Waals surface area contributed by atoms with Crippen molar-refractivity contribution in [3.8, 4) is 12.1 Å². The molecule has 0 heterocycles. The summed E-state index contributed by atoms with van der Waals surface area (Å²) in [6.45, 7) is 0. The Labute approximate surface area is 254 Å². The molecule has 0 radical (unpaired) electrons. The highest BCUT2D eigenvalue weighted by Crippen LogP contribution is 2.34. The Morgan fingerprint density at radius 3 is 1.77 bits per heavy atom. The monoisotopic (exact) mass is 608 g/mol. The largest absolute Gasteiger partial charge is 0.219 e. The third-order valence-electron chi connectivity index (χ3n) is 7.56. The van der Waals surface area contributed by atoms with Crippen LogP contribution < -0.4 is 0 Å². The summed E-state index contributed by atoms with van der Waals surface area (Å²) in [6, 6.07) is 31.5. The molecule has 1 unspecified atom stereocenters. The van der Waals surface area contributed by atoms with Crippen LogP contribution in [-0.2, 0) is 32.5 Å². The molecule has 4 aromatic carbocycles. The summed E-state index contributed by atoms with van der Waals surface area (Å²) in [5, 5.41) is 18.3. The number of nitriles is 2. The Hall–Kier alpha value is -4.50. The molecule has 0 amide bonds. The van der Waals surface area contributed by atoms with Crippen molar-refractivity contribution in [2.75, 3.05) is 0 Å². The van der Waals surface area contributed by atoms with Crippen LogP contribution in [0.4, 0.5) is 0 Å². The number of fused-ring (bicyclic) bond motifs is 2. The minimum atomic E-state index is -3.50. The highest BCUT2D eigenvalue weighted by atomic mass is 32.2. The highest BCUT2D eigenvalue weighted by Gasteiger charge is 2.24. The Kier molecular flexibility index (Phi) is 9.66. The first-order valence-corrected chi connectivity index (χ1v) is 16.6. The van der Waals surface area contributed by atoms with Gasteiger partial charge in [-0.05, 0) is 103 Å². The quantitative estimate of drug-likeness (QED) is 0.237. The van der Waals surface area contributed by atoms with Gasteiger partial charge in [0.05, 0.1) is 43.2 Å². The molecular formula is C35H32N2O4S2. The Balaban J connectivity index is 0.000000192. The topological polar surface area (TPSA) is 116 Å². The molecule has 0 saturated carbocycles. The van der Waals surface area contributed by atoms with Crippen LogP contribution in [0.2, 0.25) is 0 Å². The normalized spacial score (nSPS) is 15.5. The minimum absolute atomic E-state index is 0. The van der Waals surface area contributed by atoms with E-state index >= 15 is 0 Å². The maximum atomic E-state index is 12.6. The van der Waals surface area contributed by atoms with Crippen molar-refractivity contribution < 1.29 is 16.8 Å². The first-order chi connectivity index (χ1) is 20.3. The van der Waals surface area contributed by atoms with Gasteiger partial charge in [0, 0.05) is 0 Å². The van der Waals surface area contributed by atoms with Gasteiger partial charge in [-0.1, -0.05) is 62.0 Å². The molecule has 0 saturated heterocycles. The van der Waals surface area contributed by atoms with Crippen molar-refractivity contribution in [1.29, 1.82) is 10.5 Å². The van der Waals surface area contributed by atoms with Gasteiger partial charge in [0.15, 0.2) is 0 Å². The maximum absolute atomic E-state index is 12.6. The van der Waals surface area contributed by atoms with E-state index in [4.69, 9.17) is 5.26 Å². The molecule has 2 aliphatic carbocycles.